The van der Waals surface area contributed by atoms with Crippen LogP contribution in [0.15, 0.2) is 40.1 Å². The van der Waals surface area contributed by atoms with Crippen LogP contribution in [0.4, 0.5) is 0 Å². The third-order valence-corrected chi connectivity index (χ3v) is 3.66. The van der Waals surface area contributed by atoms with Crippen LogP contribution in [0.3, 0.4) is 0 Å². The van der Waals surface area contributed by atoms with Crippen LogP contribution < -0.4 is 0 Å². The molecule has 1 heterocycles. The van der Waals surface area contributed by atoms with Crippen LogP contribution in [0.2, 0.25) is 0 Å². The van der Waals surface area contributed by atoms with Gasteiger partial charge in [-0.2, -0.15) is 0 Å². The Balaban J connectivity index is 2.07. The average molecular weight is 235 g/mol. The number of thiazole rings is 1. The van der Waals surface area contributed by atoms with Gasteiger partial charge in [0.2, 0.25) is 0 Å². The summed E-state index contributed by atoms with van der Waals surface area (Å²) in [5.41, 5.74) is 3.63. The standard InChI is InChI=1S/C11H9NOS2/c13-5-9-3-1-2-4-11(9)15-7-10-6-14-8-12-10/h1-6,8H,7H2. The van der Waals surface area contributed by atoms with E-state index in [1.54, 1.807) is 23.1 Å². The quantitative estimate of drug-likeness (QED) is 0.602. The topological polar surface area (TPSA) is 30.0 Å². The van der Waals surface area contributed by atoms with Crippen molar-refractivity contribution in [1.82, 2.24) is 4.98 Å². The normalized spacial score (nSPS) is 10.1. The van der Waals surface area contributed by atoms with Gasteiger partial charge in [-0.25, -0.2) is 4.98 Å². The molecule has 0 N–H and O–H groups in total. The number of aldehydes is 1. The molecule has 0 bridgehead atoms. The van der Waals surface area contributed by atoms with Crippen LogP contribution in [0.5, 0.6) is 0 Å². The Morgan fingerprint density at radius 3 is 3.00 bits per heavy atom. The van der Waals surface area contributed by atoms with Crippen LogP contribution in [0.25, 0.3) is 0 Å². The maximum Gasteiger partial charge on any atom is 0.151 e. The van der Waals surface area contributed by atoms with E-state index < -0.39 is 0 Å². The fourth-order valence-corrected chi connectivity index (χ4v) is 2.75. The second-order valence-electron chi connectivity index (χ2n) is 2.92. The molecule has 0 spiro atoms. The second-order valence-corrected chi connectivity index (χ2v) is 4.66. The van der Waals surface area contributed by atoms with Gasteiger partial charge >= 0.3 is 0 Å². The van der Waals surface area contributed by atoms with E-state index in [9.17, 15) is 4.79 Å². The molecule has 0 unspecified atom stereocenters. The van der Waals surface area contributed by atoms with Crippen molar-refractivity contribution in [3.63, 3.8) is 0 Å². The maximum atomic E-state index is 10.8. The molecule has 1 aromatic heterocycles. The van der Waals surface area contributed by atoms with Gasteiger partial charge in [-0.1, -0.05) is 18.2 Å². The van der Waals surface area contributed by atoms with E-state index in [1.807, 2.05) is 35.2 Å². The molecule has 76 valence electrons. The zero-order valence-electron chi connectivity index (χ0n) is 7.92. The summed E-state index contributed by atoms with van der Waals surface area (Å²) in [5.74, 6) is 0.814. The molecule has 2 nitrogen and oxygen atoms in total. The summed E-state index contributed by atoms with van der Waals surface area (Å²) in [6.07, 6.45) is 0.892. The van der Waals surface area contributed by atoms with E-state index >= 15 is 0 Å². The van der Waals surface area contributed by atoms with Gasteiger partial charge in [0, 0.05) is 21.6 Å². The lowest BCUT2D eigenvalue weighted by atomic mass is 10.2. The number of hydrogen-bond donors (Lipinski definition) is 0. The summed E-state index contributed by atoms with van der Waals surface area (Å²) >= 11 is 3.23. The van der Waals surface area contributed by atoms with Crippen molar-refractivity contribution in [1.29, 1.82) is 0 Å². The molecular weight excluding hydrogens is 226 g/mol. The lowest BCUT2D eigenvalue weighted by molar-refractivity contribution is 0.112. The van der Waals surface area contributed by atoms with Crippen LogP contribution in [-0.4, -0.2) is 11.3 Å². The smallest absolute Gasteiger partial charge is 0.151 e. The lowest BCUT2D eigenvalue weighted by Crippen LogP contribution is -1.85. The van der Waals surface area contributed by atoms with Gasteiger partial charge in [0.05, 0.1) is 11.2 Å². The summed E-state index contributed by atoms with van der Waals surface area (Å²) in [7, 11) is 0. The number of aromatic nitrogens is 1. The van der Waals surface area contributed by atoms with Crippen LogP contribution in [0, 0.1) is 0 Å². The molecule has 0 amide bonds. The Labute approximate surface area is 96.4 Å². The molecule has 1 aromatic carbocycles. The predicted molar refractivity (Wildman–Crippen MR) is 63.5 cm³/mol. The van der Waals surface area contributed by atoms with Crippen molar-refractivity contribution in [3.8, 4) is 0 Å². The Hall–Kier alpha value is -1.13. The molecular formula is C11H9NOS2. The fourth-order valence-electron chi connectivity index (χ4n) is 1.17. The van der Waals surface area contributed by atoms with Gasteiger partial charge in [0.15, 0.2) is 6.29 Å². The Bertz CT molecular complexity index is 440. The summed E-state index contributed by atoms with van der Waals surface area (Å²) in [6.45, 7) is 0. The minimum absolute atomic E-state index is 0.748. The number of hydrogen-bond acceptors (Lipinski definition) is 4. The fraction of sp³-hybridized carbons (Fsp3) is 0.0909. The molecule has 0 aliphatic heterocycles. The van der Waals surface area contributed by atoms with Gasteiger partial charge in [-0.3, -0.25) is 4.79 Å². The minimum atomic E-state index is 0.748. The Morgan fingerprint density at radius 1 is 1.40 bits per heavy atom. The summed E-state index contributed by atoms with van der Waals surface area (Å²) in [4.78, 5) is 16.0. The van der Waals surface area contributed by atoms with Gasteiger partial charge in [-0.15, -0.1) is 23.1 Å². The van der Waals surface area contributed by atoms with Gasteiger partial charge < -0.3 is 0 Å². The number of carbonyl (C=O) groups excluding carboxylic acids is 1. The van der Waals surface area contributed by atoms with Gasteiger partial charge in [0.25, 0.3) is 0 Å². The minimum Gasteiger partial charge on any atom is -0.298 e. The van der Waals surface area contributed by atoms with Crippen molar-refractivity contribution < 1.29 is 4.79 Å². The average Bonchev–Trinajstić information content (AvgIpc) is 2.79. The number of benzene rings is 1. The zero-order valence-corrected chi connectivity index (χ0v) is 9.55. The molecule has 0 saturated heterocycles. The van der Waals surface area contributed by atoms with E-state index in [-0.39, 0.29) is 0 Å². The zero-order chi connectivity index (χ0) is 10.5. The first-order valence-corrected chi connectivity index (χ1v) is 6.37. The molecule has 0 fully saturated rings. The number of thioether (sulfide) groups is 1. The van der Waals surface area contributed by atoms with E-state index in [0.29, 0.717) is 0 Å². The first-order valence-electron chi connectivity index (χ1n) is 4.44. The molecule has 0 saturated carbocycles. The third-order valence-electron chi connectivity index (χ3n) is 1.90. The van der Waals surface area contributed by atoms with Crippen molar-refractivity contribution in [3.05, 3.63) is 46.4 Å². The van der Waals surface area contributed by atoms with Crippen molar-refractivity contribution in [2.45, 2.75) is 10.6 Å². The van der Waals surface area contributed by atoms with Crippen molar-refractivity contribution in [2.75, 3.05) is 0 Å². The van der Waals surface area contributed by atoms with E-state index in [1.165, 1.54) is 0 Å². The largest absolute Gasteiger partial charge is 0.298 e. The first-order chi connectivity index (χ1) is 7.40. The molecule has 4 heteroatoms. The lowest BCUT2D eigenvalue weighted by Gasteiger charge is -2.01. The molecule has 0 aliphatic carbocycles. The summed E-state index contributed by atoms with van der Waals surface area (Å²) in [5, 5.41) is 2.02. The highest BCUT2D eigenvalue weighted by Crippen LogP contribution is 2.25. The van der Waals surface area contributed by atoms with E-state index in [2.05, 4.69) is 4.98 Å². The molecule has 2 rings (SSSR count). The van der Waals surface area contributed by atoms with Crippen LogP contribution >= 0.6 is 23.1 Å². The highest BCUT2D eigenvalue weighted by atomic mass is 32.2. The van der Waals surface area contributed by atoms with Gasteiger partial charge in [0.1, 0.15) is 0 Å². The summed E-state index contributed by atoms with van der Waals surface area (Å²) < 4.78 is 0. The molecule has 15 heavy (non-hydrogen) atoms. The third kappa shape index (κ3) is 2.67. The highest BCUT2D eigenvalue weighted by Gasteiger charge is 2.02. The van der Waals surface area contributed by atoms with Crippen molar-refractivity contribution >= 4 is 29.4 Å². The van der Waals surface area contributed by atoms with Gasteiger partial charge in [-0.05, 0) is 6.07 Å². The Kier molecular flexibility index (Phi) is 3.53. The first kappa shape index (κ1) is 10.4. The molecule has 2 aromatic rings. The maximum absolute atomic E-state index is 10.8. The SMILES string of the molecule is O=Cc1ccccc1SCc1cscn1. The molecule has 0 aliphatic rings. The van der Waals surface area contributed by atoms with E-state index in [0.717, 1.165) is 28.2 Å². The number of rotatable bonds is 4. The second kappa shape index (κ2) is 5.09. The van der Waals surface area contributed by atoms with Crippen LogP contribution in [0.1, 0.15) is 16.1 Å². The monoisotopic (exact) mass is 235 g/mol. The highest BCUT2D eigenvalue weighted by molar-refractivity contribution is 7.98. The van der Waals surface area contributed by atoms with E-state index in [4.69, 9.17) is 0 Å². The Morgan fingerprint density at radius 2 is 2.27 bits per heavy atom. The molecule has 0 atom stereocenters. The molecule has 0 radical (unpaired) electrons. The summed E-state index contributed by atoms with van der Waals surface area (Å²) in [6, 6.07) is 7.60. The number of nitrogens with zero attached hydrogens (tertiary/aromatic N) is 1. The van der Waals surface area contributed by atoms with Crippen LogP contribution in [-0.2, 0) is 5.75 Å². The van der Waals surface area contributed by atoms with Crippen molar-refractivity contribution in [2.24, 2.45) is 0 Å². The number of carbonyl (C=O) groups is 1. The predicted octanol–water partition coefficient (Wildman–Crippen LogP) is 3.25.